The number of methoxy groups -OCH3 is 1. The quantitative estimate of drug-likeness (QED) is 0.630. The number of nitrogens with one attached hydrogen (secondary N) is 1. The Morgan fingerprint density at radius 1 is 1.24 bits per heavy atom. The molecule has 2 N–H and O–H groups in total. The van der Waals surface area contributed by atoms with Crippen LogP contribution in [0.3, 0.4) is 0 Å². The molecule has 0 saturated carbocycles. The second kappa shape index (κ2) is 10.2. The van der Waals surface area contributed by atoms with Gasteiger partial charge in [0.05, 0.1) is 32.6 Å². The van der Waals surface area contributed by atoms with E-state index in [-0.39, 0.29) is 49.5 Å². The van der Waals surface area contributed by atoms with Gasteiger partial charge in [-0.15, -0.1) is 0 Å². The fraction of sp³-hybridized carbons (Fsp3) is 0.455. The Hall–Kier alpha value is -3.15. The first-order chi connectivity index (χ1) is 16.0. The molecule has 1 amide bonds. The second-order valence-electron chi connectivity index (χ2n) is 7.73. The lowest BCUT2D eigenvalue weighted by Crippen LogP contribution is -2.43. The highest BCUT2D eigenvalue weighted by molar-refractivity contribution is 6.02. The molecule has 2 aliphatic rings. The maximum atomic E-state index is 13.6. The molecule has 0 spiro atoms. The van der Waals surface area contributed by atoms with Crippen LogP contribution in [0.25, 0.3) is 0 Å². The predicted molar refractivity (Wildman–Crippen MR) is 113 cm³/mol. The van der Waals surface area contributed by atoms with E-state index < -0.39 is 11.7 Å². The molecule has 1 aromatic carbocycles. The third-order valence-electron chi connectivity index (χ3n) is 5.34. The number of carbonyl (C=O) groups is 1. The van der Waals surface area contributed by atoms with Crippen molar-refractivity contribution in [2.75, 3.05) is 26.9 Å². The van der Waals surface area contributed by atoms with Crippen molar-refractivity contribution in [1.82, 2.24) is 15.3 Å². The second-order valence-corrected chi connectivity index (χ2v) is 7.73. The molecule has 1 saturated heterocycles. The standard InChI is InChI=1S/C22H25FN4O6/c1-12-25-16(17-7-20(33-27-17)21-11-31-14(9-28)10-32-21)6-18(26-12)22(29)24-8-13-3-4-15(23)19(5-13)30-2/h3-6,14,20-21,28H,7-11H2,1-2H3,(H,24,29)/t14-,20+,21-/m1/s1. The van der Waals surface area contributed by atoms with E-state index in [1.165, 1.54) is 19.2 Å². The summed E-state index contributed by atoms with van der Waals surface area (Å²) in [6, 6.07) is 5.93. The Balaban J connectivity index is 1.39. The van der Waals surface area contributed by atoms with Crippen molar-refractivity contribution < 1.29 is 33.3 Å². The van der Waals surface area contributed by atoms with Gasteiger partial charge in [0.2, 0.25) is 0 Å². The number of hydrogen-bond donors (Lipinski definition) is 2. The van der Waals surface area contributed by atoms with Crippen LogP contribution in [0, 0.1) is 12.7 Å². The zero-order chi connectivity index (χ0) is 23.4. The predicted octanol–water partition coefficient (Wildman–Crippen LogP) is 1.13. The molecule has 4 rings (SSSR count). The summed E-state index contributed by atoms with van der Waals surface area (Å²) in [6.45, 7) is 2.34. The average Bonchev–Trinajstić information content (AvgIpc) is 3.33. The number of benzene rings is 1. The number of hydrogen-bond acceptors (Lipinski definition) is 9. The molecular weight excluding hydrogens is 435 g/mol. The zero-order valence-electron chi connectivity index (χ0n) is 18.3. The van der Waals surface area contributed by atoms with Crippen LogP contribution in [0.5, 0.6) is 5.75 Å². The summed E-state index contributed by atoms with van der Waals surface area (Å²) in [4.78, 5) is 26.8. The van der Waals surface area contributed by atoms with Gasteiger partial charge in [-0.1, -0.05) is 11.2 Å². The smallest absolute Gasteiger partial charge is 0.270 e. The van der Waals surface area contributed by atoms with Crippen molar-refractivity contribution >= 4 is 11.6 Å². The number of aromatic nitrogens is 2. The molecule has 0 radical (unpaired) electrons. The highest BCUT2D eigenvalue weighted by atomic mass is 19.1. The minimum Gasteiger partial charge on any atom is -0.494 e. The number of carbonyl (C=O) groups excluding carboxylic acids is 1. The van der Waals surface area contributed by atoms with Crippen LogP contribution in [0.2, 0.25) is 0 Å². The number of ether oxygens (including phenoxy) is 3. The van der Waals surface area contributed by atoms with Gasteiger partial charge in [-0.3, -0.25) is 4.79 Å². The SMILES string of the molecule is COc1cc(CNC(=O)c2cc(C3=NO[C@H]([C@H]4CO[C@H](CO)CO4)C3)nc(C)n2)ccc1F. The first-order valence-electron chi connectivity index (χ1n) is 10.5. The lowest BCUT2D eigenvalue weighted by Gasteiger charge is -2.30. The molecule has 0 bridgehead atoms. The Morgan fingerprint density at radius 2 is 2.09 bits per heavy atom. The fourth-order valence-electron chi connectivity index (χ4n) is 3.54. The zero-order valence-corrected chi connectivity index (χ0v) is 18.3. The molecule has 0 unspecified atom stereocenters. The summed E-state index contributed by atoms with van der Waals surface area (Å²) in [5, 5.41) is 16.0. The Morgan fingerprint density at radius 3 is 2.82 bits per heavy atom. The molecule has 2 aliphatic heterocycles. The van der Waals surface area contributed by atoms with E-state index in [2.05, 4.69) is 20.4 Å². The van der Waals surface area contributed by atoms with Crippen LogP contribution in [0.1, 0.15) is 34.0 Å². The number of aliphatic hydroxyl groups is 1. The Bertz CT molecular complexity index is 1040. The van der Waals surface area contributed by atoms with E-state index in [9.17, 15) is 9.18 Å². The van der Waals surface area contributed by atoms with E-state index in [1.54, 1.807) is 19.1 Å². The molecule has 176 valence electrons. The van der Waals surface area contributed by atoms with Crippen LogP contribution < -0.4 is 10.1 Å². The van der Waals surface area contributed by atoms with Gasteiger partial charge in [0, 0.05) is 13.0 Å². The molecule has 33 heavy (non-hydrogen) atoms. The summed E-state index contributed by atoms with van der Waals surface area (Å²) in [5.41, 5.74) is 1.93. The van der Waals surface area contributed by atoms with E-state index in [1.807, 2.05) is 0 Å². The first-order valence-corrected chi connectivity index (χ1v) is 10.5. The lowest BCUT2D eigenvalue weighted by molar-refractivity contribution is -0.178. The van der Waals surface area contributed by atoms with Crippen LogP contribution >= 0.6 is 0 Å². The van der Waals surface area contributed by atoms with Gasteiger partial charge in [0.25, 0.3) is 5.91 Å². The summed E-state index contributed by atoms with van der Waals surface area (Å²) in [6.07, 6.45) is -0.553. The van der Waals surface area contributed by atoms with Gasteiger partial charge in [0.1, 0.15) is 29.4 Å². The topological polar surface area (TPSA) is 124 Å². The highest BCUT2D eigenvalue weighted by Crippen LogP contribution is 2.23. The van der Waals surface area contributed by atoms with Crippen molar-refractivity contribution in [1.29, 1.82) is 0 Å². The molecule has 10 nitrogen and oxygen atoms in total. The van der Waals surface area contributed by atoms with Crippen LogP contribution in [-0.2, 0) is 20.9 Å². The third-order valence-corrected chi connectivity index (χ3v) is 5.34. The monoisotopic (exact) mass is 460 g/mol. The number of aliphatic hydroxyl groups excluding tert-OH is 1. The third kappa shape index (κ3) is 5.44. The molecular formula is C22H25FN4O6. The Labute approximate surface area is 189 Å². The van der Waals surface area contributed by atoms with Crippen molar-refractivity contribution in [3.05, 3.63) is 52.9 Å². The fourth-order valence-corrected chi connectivity index (χ4v) is 3.54. The van der Waals surface area contributed by atoms with E-state index in [0.29, 0.717) is 35.8 Å². The van der Waals surface area contributed by atoms with Gasteiger partial charge >= 0.3 is 0 Å². The number of halogens is 1. The highest BCUT2D eigenvalue weighted by Gasteiger charge is 2.35. The molecule has 3 atom stereocenters. The summed E-state index contributed by atoms with van der Waals surface area (Å²) < 4.78 is 29.8. The molecule has 3 heterocycles. The number of amides is 1. The number of rotatable bonds is 7. The van der Waals surface area contributed by atoms with E-state index in [4.69, 9.17) is 24.2 Å². The minimum absolute atomic E-state index is 0.0975. The number of nitrogens with zero attached hydrogens (tertiary/aromatic N) is 3. The van der Waals surface area contributed by atoms with Gasteiger partial charge in [0.15, 0.2) is 17.7 Å². The average molecular weight is 460 g/mol. The Kier molecular flexibility index (Phi) is 7.11. The van der Waals surface area contributed by atoms with Crippen molar-refractivity contribution in [2.45, 2.75) is 38.2 Å². The van der Waals surface area contributed by atoms with Crippen molar-refractivity contribution in [3.63, 3.8) is 0 Å². The molecule has 1 aromatic heterocycles. The maximum Gasteiger partial charge on any atom is 0.270 e. The number of aryl methyl sites for hydroxylation is 1. The first kappa shape index (κ1) is 23.0. The summed E-state index contributed by atoms with van der Waals surface area (Å²) >= 11 is 0. The summed E-state index contributed by atoms with van der Waals surface area (Å²) in [7, 11) is 1.38. The van der Waals surface area contributed by atoms with Crippen LogP contribution in [0.15, 0.2) is 29.4 Å². The van der Waals surface area contributed by atoms with Crippen molar-refractivity contribution in [3.8, 4) is 5.75 Å². The van der Waals surface area contributed by atoms with Crippen molar-refractivity contribution in [2.24, 2.45) is 5.16 Å². The summed E-state index contributed by atoms with van der Waals surface area (Å²) in [5.74, 6) is -0.356. The van der Waals surface area contributed by atoms with E-state index in [0.717, 1.165) is 0 Å². The van der Waals surface area contributed by atoms with Crippen LogP contribution in [0.4, 0.5) is 4.39 Å². The van der Waals surface area contributed by atoms with Crippen LogP contribution in [-0.4, -0.2) is 71.9 Å². The minimum atomic E-state index is -0.472. The molecule has 2 aromatic rings. The number of oxime groups is 1. The van der Waals surface area contributed by atoms with Gasteiger partial charge < -0.3 is 29.5 Å². The largest absolute Gasteiger partial charge is 0.494 e. The van der Waals surface area contributed by atoms with Gasteiger partial charge in [-0.25, -0.2) is 14.4 Å². The van der Waals surface area contributed by atoms with Gasteiger partial charge in [-0.2, -0.15) is 0 Å². The molecule has 0 aliphatic carbocycles. The van der Waals surface area contributed by atoms with E-state index >= 15 is 0 Å². The van der Waals surface area contributed by atoms with Gasteiger partial charge in [-0.05, 0) is 30.7 Å². The maximum absolute atomic E-state index is 13.6. The molecule has 1 fully saturated rings. The molecule has 11 heteroatoms. The lowest BCUT2D eigenvalue weighted by atomic mass is 10.0. The normalized spacial score (nSPS) is 22.4.